The van der Waals surface area contributed by atoms with E-state index >= 15 is 0 Å². The number of methoxy groups -OCH3 is 1. The van der Waals surface area contributed by atoms with Crippen molar-refractivity contribution >= 4 is 0 Å². The second-order valence-electron chi connectivity index (χ2n) is 6.18. The van der Waals surface area contributed by atoms with Crippen molar-refractivity contribution in [2.45, 2.75) is 45.6 Å². The number of hydrogen-bond donors (Lipinski definition) is 1. The molecule has 3 heteroatoms. The maximum absolute atomic E-state index is 5.50. The largest absolute Gasteiger partial charge is 0.496 e. The van der Waals surface area contributed by atoms with Gasteiger partial charge in [0.25, 0.3) is 0 Å². The molecule has 1 unspecified atom stereocenters. The Morgan fingerprint density at radius 1 is 1.24 bits per heavy atom. The van der Waals surface area contributed by atoms with Gasteiger partial charge in [-0.15, -0.1) is 0 Å². The van der Waals surface area contributed by atoms with Gasteiger partial charge in [0.2, 0.25) is 0 Å². The van der Waals surface area contributed by atoms with Gasteiger partial charge >= 0.3 is 0 Å². The van der Waals surface area contributed by atoms with Crippen LogP contribution in [0.2, 0.25) is 0 Å². The molecule has 1 N–H and O–H groups in total. The standard InChI is InChI=1S/C18H30N2O/c1-15-8-9-17(18(14-15)21-3)16(2)19-10-7-13-20-11-5-4-6-12-20/h8-9,14,16,19H,4-7,10-13H2,1-3H3. The first-order valence-electron chi connectivity index (χ1n) is 8.31. The van der Waals surface area contributed by atoms with E-state index in [9.17, 15) is 0 Å². The summed E-state index contributed by atoms with van der Waals surface area (Å²) < 4.78 is 5.50. The van der Waals surface area contributed by atoms with Crippen LogP contribution in [0.1, 0.15) is 49.8 Å². The molecule has 0 saturated carbocycles. The number of hydrogen-bond acceptors (Lipinski definition) is 3. The smallest absolute Gasteiger partial charge is 0.123 e. The lowest BCUT2D eigenvalue weighted by Crippen LogP contribution is -2.32. The Bertz CT molecular complexity index is 427. The Hall–Kier alpha value is -1.06. The van der Waals surface area contributed by atoms with Gasteiger partial charge in [-0.25, -0.2) is 0 Å². The van der Waals surface area contributed by atoms with E-state index in [2.05, 4.69) is 42.3 Å². The molecule has 1 aromatic rings. The number of aryl methyl sites for hydroxylation is 1. The zero-order valence-electron chi connectivity index (χ0n) is 13.8. The predicted molar refractivity (Wildman–Crippen MR) is 89.1 cm³/mol. The summed E-state index contributed by atoms with van der Waals surface area (Å²) >= 11 is 0. The van der Waals surface area contributed by atoms with Crippen LogP contribution >= 0.6 is 0 Å². The second kappa shape index (κ2) is 8.40. The van der Waals surface area contributed by atoms with Crippen molar-refractivity contribution in [3.8, 4) is 5.75 Å². The van der Waals surface area contributed by atoms with Gasteiger partial charge in [-0.1, -0.05) is 18.6 Å². The van der Waals surface area contributed by atoms with E-state index < -0.39 is 0 Å². The van der Waals surface area contributed by atoms with Crippen molar-refractivity contribution in [2.24, 2.45) is 0 Å². The Labute approximate surface area is 129 Å². The van der Waals surface area contributed by atoms with Gasteiger partial charge in [0.15, 0.2) is 0 Å². The molecule has 0 aromatic heterocycles. The first-order valence-corrected chi connectivity index (χ1v) is 8.31. The number of piperidine rings is 1. The van der Waals surface area contributed by atoms with Gasteiger partial charge in [0, 0.05) is 11.6 Å². The summed E-state index contributed by atoms with van der Waals surface area (Å²) in [7, 11) is 1.75. The lowest BCUT2D eigenvalue weighted by atomic mass is 10.0. The van der Waals surface area contributed by atoms with Gasteiger partial charge in [0.1, 0.15) is 5.75 Å². The molecule has 3 nitrogen and oxygen atoms in total. The van der Waals surface area contributed by atoms with Gasteiger partial charge in [-0.05, 0) is 70.9 Å². The highest BCUT2D eigenvalue weighted by Gasteiger charge is 2.12. The Kier molecular flexibility index (Phi) is 6.52. The molecular formula is C18H30N2O. The van der Waals surface area contributed by atoms with Crippen LogP contribution in [0.5, 0.6) is 5.75 Å². The van der Waals surface area contributed by atoms with Gasteiger partial charge in [-0.3, -0.25) is 0 Å². The molecule has 0 bridgehead atoms. The van der Waals surface area contributed by atoms with Crippen LogP contribution in [0.15, 0.2) is 18.2 Å². The molecule has 1 saturated heterocycles. The summed E-state index contributed by atoms with van der Waals surface area (Å²) in [6.07, 6.45) is 5.40. The molecule has 1 atom stereocenters. The number of likely N-dealkylation sites (tertiary alicyclic amines) is 1. The second-order valence-corrected chi connectivity index (χ2v) is 6.18. The third-order valence-electron chi connectivity index (χ3n) is 4.41. The quantitative estimate of drug-likeness (QED) is 0.778. The lowest BCUT2D eigenvalue weighted by Gasteiger charge is -2.26. The summed E-state index contributed by atoms with van der Waals surface area (Å²) in [5.41, 5.74) is 2.49. The lowest BCUT2D eigenvalue weighted by molar-refractivity contribution is 0.225. The van der Waals surface area contributed by atoms with Crippen LogP contribution in [-0.2, 0) is 0 Å². The molecule has 0 spiro atoms. The maximum Gasteiger partial charge on any atom is 0.123 e. The van der Waals surface area contributed by atoms with Crippen LogP contribution in [0.25, 0.3) is 0 Å². The fraction of sp³-hybridized carbons (Fsp3) is 0.667. The van der Waals surface area contributed by atoms with Crippen LogP contribution in [0, 0.1) is 6.92 Å². The van der Waals surface area contributed by atoms with E-state index in [1.54, 1.807) is 7.11 Å². The van der Waals surface area contributed by atoms with Gasteiger partial charge in [0.05, 0.1) is 7.11 Å². The normalized spacial score (nSPS) is 17.7. The van der Waals surface area contributed by atoms with Crippen molar-refractivity contribution < 1.29 is 4.74 Å². The number of benzene rings is 1. The number of nitrogens with zero attached hydrogens (tertiary/aromatic N) is 1. The maximum atomic E-state index is 5.50. The zero-order chi connectivity index (χ0) is 15.1. The van der Waals surface area contributed by atoms with E-state index in [0.717, 1.165) is 12.3 Å². The number of rotatable bonds is 7. The molecular weight excluding hydrogens is 260 g/mol. The van der Waals surface area contributed by atoms with Crippen molar-refractivity contribution in [3.05, 3.63) is 29.3 Å². The highest BCUT2D eigenvalue weighted by Crippen LogP contribution is 2.25. The van der Waals surface area contributed by atoms with Crippen molar-refractivity contribution in [1.82, 2.24) is 10.2 Å². The topological polar surface area (TPSA) is 24.5 Å². The van der Waals surface area contributed by atoms with E-state index in [4.69, 9.17) is 4.74 Å². The average molecular weight is 290 g/mol. The first-order chi connectivity index (χ1) is 10.2. The Morgan fingerprint density at radius 3 is 2.71 bits per heavy atom. The molecule has 1 aliphatic heterocycles. The van der Waals surface area contributed by atoms with Crippen LogP contribution in [-0.4, -0.2) is 38.2 Å². The van der Waals surface area contributed by atoms with E-state index in [0.29, 0.717) is 6.04 Å². The predicted octanol–water partition coefficient (Wildman–Crippen LogP) is 3.53. The SMILES string of the molecule is COc1cc(C)ccc1C(C)NCCCN1CCCCC1. The van der Waals surface area contributed by atoms with Crippen LogP contribution in [0.3, 0.4) is 0 Å². The molecule has 0 radical (unpaired) electrons. The summed E-state index contributed by atoms with van der Waals surface area (Å²) in [5, 5.41) is 3.63. The van der Waals surface area contributed by atoms with Crippen LogP contribution in [0.4, 0.5) is 0 Å². The fourth-order valence-corrected chi connectivity index (χ4v) is 3.09. The monoisotopic (exact) mass is 290 g/mol. The highest BCUT2D eigenvalue weighted by atomic mass is 16.5. The van der Waals surface area contributed by atoms with Gasteiger partial charge < -0.3 is 15.0 Å². The third kappa shape index (κ3) is 5.01. The molecule has 1 aromatic carbocycles. The van der Waals surface area contributed by atoms with Crippen molar-refractivity contribution in [1.29, 1.82) is 0 Å². The molecule has 1 fully saturated rings. The molecule has 1 heterocycles. The van der Waals surface area contributed by atoms with E-state index in [1.807, 2.05) is 0 Å². The average Bonchev–Trinajstić information content (AvgIpc) is 2.52. The number of nitrogens with one attached hydrogen (secondary N) is 1. The Balaban J connectivity index is 1.75. The third-order valence-corrected chi connectivity index (χ3v) is 4.41. The molecule has 21 heavy (non-hydrogen) atoms. The van der Waals surface area contributed by atoms with Crippen molar-refractivity contribution in [3.63, 3.8) is 0 Å². The molecule has 0 amide bonds. The van der Waals surface area contributed by atoms with Crippen LogP contribution < -0.4 is 10.1 Å². The summed E-state index contributed by atoms with van der Waals surface area (Å²) in [4.78, 5) is 2.60. The minimum atomic E-state index is 0.335. The molecule has 2 rings (SSSR count). The molecule has 0 aliphatic carbocycles. The molecule has 118 valence electrons. The zero-order valence-corrected chi connectivity index (χ0v) is 13.8. The summed E-state index contributed by atoms with van der Waals surface area (Å²) in [6, 6.07) is 6.78. The minimum absolute atomic E-state index is 0.335. The summed E-state index contributed by atoms with van der Waals surface area (Å²) in [6.45, 7) is 9.19. The molecule has 1 aliphatic rings. The number of ether oxygens (including phenoxy) is 1. The van der Waals surface area contributed by atoms with Gasteiger partial charge in [-0.2, -0.15) is 0 Å². The van der Waals surface area contributed by atoms with Crippen molar-refractivity contribution in [2.75, 3.05) is 33.3 Å². The van der Waals surface area contributed by atoms with E-state index in [1.165, 1.54) is 56.4 Å². The Morgan fingerprint density at radius 2 is 2.00 bits per heavy atom. The first kappa shape index (κ1) is 16.3. The minimum Gasteiger partial charge on any atom is -0.496 e. The summed E-state index contributed by atoms with van der Waals surface area (Å²) in [5.74, 6) is 0.992. The highest BCUT2D eigenvalue weighted by molar-refractivity contribution is 5.38. The van der Waals surface area contributed by atoms with E-state index in [-0.39, 0.29) is 0 Å². The fourth-order valence-electron chi connectivity index (χ4n) is 3.09.